The number of likely N-dealkylation sites (N-methyl/N-ethyl adjacent to an activating group) is 1. The summed E-state index contributed by atoms with van der Waals surface area (Å²) in [6.07, 6.45) is 4.35. The summed E-state index contributed by atoms with van der Waals surface area (Å²) in [5.74, 6) is 2.65. The topological polar surface area (TPSA) is 39.7 Å². The molecule has 1 aromatic carbocycles. The number of ether oxygens (including phenoxy) is 3. The molecule has 19 heavy (non-hydrogen) atoms. The first kappa shape index (κ1) is 12.4. The largest absolute Gasteiger partial charge is 0.496 e. The molecule has 102 valence electrons. The van der Waals surface area contributed by atoms with Gasteiger partial charge in [0.05, 0.1) is 12.6 Å². The molecule has 0 radical (unpaired) electrons. The van der Waals surface area contributed by atoms with Crippen LogP contribution >= 0.6 is 0 Å². The van der Waals surface area contributed by atoms with Crippen LogP contribution in [-0.4, -0.2) is 26.9 Å². The first-order chi connectivity index (χ1) is 9.38. The van der Waals surface area contributed by atoms with Gasteiger partial charge in [-0.3, -0.25) is 0 Å². The van der Waals surface area contributed by atoms with Crippen LogP contribution in [0.1, 0.15) is 24.4 Å². The number of rotatable bonds is 3. The first-order valence-electron chi connectivity index (χ1n) is 6.78. The molecule has 4 nitrogen and oxygen atoms in total. The van der Waals surface area contributed by atoms with Gasteiger partial charge in [-0.1, -0.05) is 6.07 Å². The van der Waals surface area contributed by atoms with Crippen molar-refractivity contribution in [3.63, 3.8) is 0 Å². The van der Waals surface area contributed by atoms with Gasteiger partial charge in [-0.25, -0.2) is 0 Å². The second kappa shape index (κ2) is 5.53. The summed E-state index contributed by atoms with van der Waals surface area (Å²) in [6.45, 7) is 2.03. The van der Waals surface area contributed by atoms with Gasteiger partial charge in [0.2, 0.25) is 0 Å². The molecule has 1 unspecified atom stereocenters. The van der Waals surface area contributed by atoms with Crippen LogP contribution in [0.3, 0.4) is 0 Å². The van der Waals surface area contributed by atoms with Crippen molar-refractivity contribution in [3.05, 3.63) is 35.6 Å². The minimum Gasteiger partial charge on any atom is -0.496 e. The lowest BCUT2D eigenvalue weighted by Crippen LogP contribution is -2.22. The predicted molar refractivity (Wildman–Crippen MR) is 72.5 cm³/mol. The maximum absolute atomic E-state index is 5.76. The second-order valence-electron chi connectivity index (χ2n) is 4.72. The fourth-order valence-electron chi connectivity index (χ4n) is 2.49. The molecule has 1 atom stereocenters. The lowest BCUT2D eigenvalue weighted by molar-refractivity contribution is 0.166. The molecule has 0 bridgehead atoms. The average molecular weight is 261 g/mol. The molecule has 0 fully saturated rings. The Kier molecular flexibility index (Phi) is 3.60. The van der Waals surface area contributed by atoms with Crippen LogP contribution in [0.5, 0.6) is 11.5 Å². The highest BCUT2D eigenvalue weighted by Crippen LogP contribution is 2.35. The summed E-state index contributed by atoms with van der Waals surface area (Å²) >= 11 is 0. The van der Waals surface area contributed by atoms with Crippen LogP contribution in [-0.2, 0) is 4.74 Å². The smallest absolute Gasteiger partial charge is 0.161 e. The van der Waals surface area contributed by atoms with Crippen molar-refractivity contribution < 1.29 is 14.2 Å². The maximum atomic E-state index is 5.76. The summed E-state index contributed by atoms with van der Waals surface area (Å²) in [5.41, 5.74) is 1.14. The molecule has 2 aliphatic rings. The molecule has 2 heterocycles. The van der Waals surface area contributed by atoms with Crippen LogP contribution in [0.15, 0.2) is 30.0 Å². The molecule has 4 heteroatoms. The van der Waals surface area contributed by atoms with E-state index in [0.717, 1.165) is 42.3 Å². The Morgan fingerprint density at radius 3 is 2.63 bits per heavy atom. The molecular formula is C15H19NO3. The zero-order chi connectivity index (χ0) is 13.1. The van der Waals surface area contributed by atoms with Crippen molar-refractivity contribution in [2.45, 2.75) is 18.9 Å². The summed E-state index contributed by atoms with van der Waals surface area (Å²) in [6, 6.07) is 6.15. The molecule has 0 spiro atoms. The number of fused-ring (bicyclic) bond motifs is 1. The van der Waals surface area contributed by atoms with E-state index < -0.39 is 0 Å². The van der Waals surface area contributed by atoms with Crippen LogP contribution in [0.4, 0.5) is 0 Å². The molecule has 0 aliphatic carbocycles. The number of hydrogen-bond donors (Lipinski definition) is 1. The number of nitrogens with one attached hydrogen (secondary N) is 1. The highest BCUT2D eigenvalue weighted by molar-refractivity contribution is 5.45. The first-order valence-corrected chi connectivity index (χ1v) is 6.78. The van der Waals surface area contributed by atoms with Gasteiger partial charge in [0.1, 0.15) is 19.0 Å². The molecule has 0 aromatic heterocycles. The lowest BCUT2D eigenvalue weighted by Gasteiger charge is -2.25. The van der Waals surface area contributed by atoms with Gasteiger partial charge in [-0.15, -0.1) is 0 Å². The van der Waals surface area contributed by atoms with E-state index in [1.165, 1.54) is 0 Å². The van der Waals surface area contributed by atoms with Crippen molar-refractivity contribution >= 4 is 0 Å². The Balaban J connectivity index is 1.88. The van der Waals surface area contributed by atoms with Gasteiger partial charge in [0.15, 0.2) is 11.5 Å². The van der Waals surface area contributed by atoms with Gasteiger partial charge in [-0.2, -0.15) is 0 Å². The Morgan fingerprint density at radius 1 is 1.05 bits per heavy atom. The third-order valence-corrected chi connectivity index (χ3v) is 3.44. The van der Waals surface area contributed by atoms with Gasteiger partial charge in [-0.05, 0) is 43.7 Å². The van der Waals surface area contributed by atoms with Crippen molar-refractivity contribution in [2.75, 3.05) is 26.9 Å². The summed E-state index contributed by atoms with van der Waals surface area (Å²) in [7, 11) is 1.94. The number of allylic oxidation sites excluding steroid dienone is 1. The SMILES string of the molecule is CNC(C1=CCCCO1)c1ccc2c(c1)OCCO2. The quantitative estimate of drug-likeness (QED) is 0.907. The Labute approximate surface area is 113 Å². The molecule has 3 rings (SSSR count). The molecule has 0 saturated carbocycles. The Bertz CT molecular complexity index is 484. The highest BCUT2D eigenvalue weighted by Gasteiger charge is 2.21. The molecular weight excluding hydrogens is 242 g/mol. The molecule has 2 aliphatic heterocycles. The van der Waals surface area contributed by atoms with Gasteiger partial charge >= 0.3 is 0 Å². The van der Waals surface area contributed by atoms with Gasteiger partial charge < -0.3 is 19.5 Å². The monoisotopic (exact) mass is 261 g/mol. The van der Waals surface area contributed by atoms with Gasteiger partial charge in [0, 0.05) is 0 Å². The van der Waals surface area contributed by atoms with E-state index in [4.69, 9.17) is 14.2 Å². The van der Waals surface area contributed by atoms with Crippen molar-refractivity contribution in [3.8, 4) is 11.5 Å². The normalized spacial score (nSPS) is 19.3. The fraction of sp³-hybridized carbons (Fsp3) is 0.467. The third kappa shape index (κ3) is 2.54. The number of hydrogen-bond acceptors (Lipinski definition) is 4. The zero-order valence-corrected chi connectivity index (χ0v) is 11.1. The zero-order valence-electron chi connectivity index (χ0n) is 11.1. The van der Waals surface area contributed by atoms with E-state index in [1.54, 1.807) is 0 Å². The predicted octanol–water partition coefficient (Wildman–Crippen LogP) is 2.41. The Hall–Kier alpha value is -1.68. The second-order valence-corrected chi connectivity index (χ2v) is 4.72. The standard InChI is InChI=1S/C15H19NO3/c1-16-15(13-4-2-3-7-17-13)11-5-6-12-14(10-11)19-9-8-18-12/h4-6,10,15-16H,2-3,7-9H2,1H3. The van der Waals surface area contributed by atoms with E-state index in [-0.39, 0.29) is 6.04 Å². The third-order valence-electron chi connectivity index (χ3n) is 3.44. The minimum atomic E-state index is 0.0797. The summed E-state index contributed by atoms with van der Waals surface area (Å²) < 4.78 is 16.9. The molecule has 0 amide bonds. The average Bonchev–Trinajstić information content (AvgIpc) is 2.49. The van der Waals surface area contributed by atoms with Gasteiger partial charge in [0.25, 0.3) is 0 Å². The summed E-state index contributed by atoms with van der Waals surface area (Å²) in [5, 5.41) is 3.31. The fourth-order valence-corrected chi connectivity index (χ4v) is 2.49. The molecule has 1 aromatic rings. The van der Waals surface area contributed by atoms with Crippen LogP contribution in [0.25, 0.3) is 0 Å². The van der Waals surface area contributed by atoms with E-state index in [9.17, 15) is 0 Å². The van der Waals surface area contributed by atoms with E-state index >= 15 is 0 Å². The molecule has 0 saturated heterocycles. The number of benzene rings is 1. The van der Waals surface area contributed by atoms with Crippen LogP contribution < -0.4 is 14.8 Å². The summed E-state index contributed by atoms with van der Waals surface area (Å²) in [4.78, 5) is 0. The van der Waals surface area contributed by atoms with E-state index in [2.05, 4.69) is 17.5 Å². The van der Waals surface area contributed by atoms with Crippen molar-refractivity contribution in [1.82, 2.24) is 5.32 Å². The Morgan fingerprint density at radius 2 is 1.89 bits per heavy atom. The minimum absolute atomic E-state index is 0.0797. The lowest BCUT2D eigenvalue weighted by atomic mass is 10.0. The van der Waals surface area contributed by atoms with Crippen molar-refractivity contribution in [2.24, 2.45) is 0 Å². The van der Waals surface area contributed by atoms with E-state index in [0.29, 0.717) is 13.2 Å². The van der Waals surface area contributed by atoms with Crippen molar-refractivity contribution in [1.29, 1.82) is 0 Å². The van der Waals surface area contributed by atoms with E-state index in [1.807, 2.05) is 19.2 Å². The molecule has 1 N–H and O–H groups in total. The van der Waals surface area contributed by atoms with Crippen LogP contribution in [0.2, 0.25) is 0 Å². The maximum Gasteiger partial charge on any atom is 0.161 e. The highest BCUT2D eigenvalue weighted by atomic mass is 16.6. The van der Waals surface area contributed by atoms with Crippen LogP contribution in [0, 0.1) is 0 Å².